The Morgan fingerprint density at radius 1 is 1.56 bits per heavy atom. The number of nitrogens with zero attached hydrogens (tertiary/aromatic N) is 1. The van der Waals surface area contributed by atoms with E-state index in [1.54, 1.807) is 12.1 Å². The number of unbranched alkanes of at least 4 members (excludes halogenated alkanes) is 1. The Morgan fingerprint density at radius 2 is 2.28 bits per heavy atom. The Kier molecular flexibility index (Phi) is 5.51. The van der Waals surface area contributed by atoms with Gasteiger partial charge in [-0.05, 0) is 18.1 Å². The number of nitrogens with two attached hydrogens (primary N) is 1. The van der Waals surface area contributed by atoms with Crippen LogP contribution in [-0.4, -0.2) is 16.5 Å². The van der Waals surface area contributed by atoms with Gasteiger partial charge in [-0.2, -0.15) is 0 Å². The molecule has 6 heteroatoms. The average Bonchev–Trinajstić information content (AvgIpc) is 2.30. The fourth-order valence-electron chi connectivity index (χ4n) is 1.47. The molecule has 0 radical (unpaired) electrons. The highest BCUT2D eigenvalue weighted by molar-refractivity contribution is 7.80. The molecular formula is C12H16N2O3S. The van der Waals surface area contributed by atoms with E-state index in [0.29, 0.717) is 23.8 Å². The molecule has 0 fully saturated rings. The monoisotopic (exact) mass is 268 g/mol. The summed E-state index contributed by atoms with van der Waals surface area (Å²) in [6.07, 6.45) is 2.20. The van der Waals surface area contributed by atoms with E-state index in [-0.39, 0.29) is 5.69 Å². The Morgan fingerprint density at radius 3 is 2.83 bits per heavy atom. The number of rotatable bonds is 7. The van der Waals surface area contributed by atoms with E-state index in [0.717, 1.165) is 18.4 Å². The molecule has 0 saturated carbocycles. The molecule has 0 unspecified atom stereocenters. The molecule has 0 heterocycles. The Balaban J connectivity index is 2.90. The van der Waals surface area contributed by atoms with Crippen molar-refractivity contribution < 1.29 is 9.66 Å². The summed E-state index contributed by atoms with van der Waals surface area (Å²) in [6, 6.07) is 4.80. The zero-order valence-corrected chi connectivity index (χ0v) is 11.0. The number of nitro groups is 1. The third kappa shape index (κ3) is 4.29. The first-order chi connectivity index (χ1) is 8.54. The van der Waals surface area contributed by atoms with Crippen molar-refractivity contribution in [2.75, 3.05) is 6.61 Å². The summed E-state index contributed by atoms with van der Waals surface area (Å²) in [4.78, 5) is 10.8. The maximum Gasteiger partial charge on any atom is 0.311 e. The average molecular weight is 268 g/mol. The highest BCUT2D eigenvalue weighted by atomic mass is 32.1. The summed E-state index contributed by atoms with van der Waals surface area (Å²) in [7, 11) is 0. The van der Waals surface area contributed by atoms with Gasteiger partial charge >= 0.3 is 5.69 Å². The summed E-state index contributed by atoms with van der Waals surface area (Å²) in [6.45, 7) is 2.51. The van der Waals surface area contributed by atoms with Crippen molar-refractivity contribution in [3.63, 3.8) is 0 Å². The standard InChI is InChI=1S/C12H16N2O3S/c1-2-3-6-17-11-5-4-9(8-12(13)18)7-10(11)14(15)16/h4-5,7H,2-3,6,8H2,1H3,(H2,13,18). The number of hydrogen-bond acceptors (Lipinski definition) is 4. The first kappa shape index (κ1) is 14.4. The first-order valence-electron chi connectivity index (χ1n) is 5.73. The molecule has 0 amide bonds. The normalized spacial score (nSPS) is 10.1. The highest BCUT2D eigenvalue weighted by Crippen LogP contribution is 2.28. The molecule has 0 aromatic heterocycles. The van der Waals surface area contributed by atoms with E-state index < -0.39 is 4.92 Å². The summed E-state index contributed by atoms with van der Waals surface area (Å²) in [5.74, 6) is 0.292. The van der Waals surface area contributed by atoms with Gasteiger partial charge in [0.05, 0.1) is 16.5 Å². The molecule has 0 saturated heterocycles. The fourth-order valence-corrected chi connectivity index (χ4v) is 1.63. The molecule has 1 aromatic rings. The largest absolute Gasteiger partial charge is 0.487 e. The van der Waals surface area contributed by atoms with Gasteiger partial charge in [0.2, 0.25) is 0 Å². The van der Waals surface area contributed by atoms with Crippen molar-refractivity contribution in [2.45, 2.75) is 26.2 Å². The Hall–Kier alpha value is -1.69. The van der Waals surface area contributed by atoms with Crippen LogP contribution in [0.4, 0.5) is 5.69 Å². The Bertz CT molecular complexity index is 449. The molecule has 0 bridgehead atoms. The third-order valence-electron chi connectivity index (χ3n) is 2.35. The molecule has 0 aliphatic heterocycles. The van der Waals surface area contributed by atoms with Crippen LogP contribution in [0.5, 0.6) is 5.75 Å². The summed E-state index contributed by atoms with van der Waals surface area (Å²) < 4.78 is 5.39. The van der Waals surface area contributed by atoms with Crippen molar-refractivity contribution >= 4 is 22.9 Å². The van der Waals surface area contributed by atoms with Gasteiger partial charge in [0.1, 0.15) is 0 Å². The van der Waals surface area contributed by atoms with Gasteiger partial charge in [0, 0.05) is 12.5 Å². The van der Waals surface area contributed by atoms with Crippen LogP contribution in [0.15, 0.2) is 18.2 Å². The quantitative estimate of drug-likeness (QED) is 0.356. The summed E-state index contributed by atoms with van der Waals surface area (Å²) in [5.41, 5.74) is 6.09. The topological polar surface area (TPSA) is 78.4 Å². The maximum absolute atomic E-state index is 11.0. The molecular weight excluding hydrogens is 252 g/mol. The van der Waals surface area contributed by atoms with E-state index in [1.807, 2.05) is 6.92 Å². The van der Waals surface area contributed by atoms with Crippen LogP contribution in [0, 0.1) is 10.1 Å². The van der Waals surface area contributed by atoms with Gasteiger partial charge in [-0.1, -0.05) is 31.6 Å². The smallest absolute Gasteiger partial charge is 0.311 e. The predicted molar refractivity (Wildman–Crippen MR) is 74.0 cm³/mol. The van der Waals surface area contributed by atoms with Crippen LogP contribution < -0.4 is 10.5 Å². The van der Waals surface area contributed by atoms with E-state index >= 15 is 0 Å². The second-order valence-corrected chi connectivity index (χ2v) is 4.43. The SMILES string of the molecule is CCCCOc1ccc(CC(N)=S)cc1[N+](=O)[O-]. The molecule has 2 N–H and O–H groups in total. The van der Waals surface area contributed by atoms with E-state index in [4.69, 9.17) is 22.7 Å². The lowest BCUT2D eigenvalue weighted by molar-refractivity contribution is -0.385. The maximum atomic E-state index is 11.0. The minimum Gasteiger partial charge on any atom is -0.487 e. The molecule has 1 rings (SSSR count). The van der Waals surface area contributed by atoms with Crippen molar-refractivity contribution in [2.24, 2.45) is 5.73 Å². The second kappa shape index (κ2) is 6.90. The van der Waals surface area contributed by atoms with Gasteiger partial charge in [-0.25, -0.2) is 0 Å². The number of thiocarbonyl (C=S) groups is 1. The lowest BCUT2D eigenvalue weighted by Gasteiger charge is -2.07. The summed E-state index contributed by atoms with van der Waals surface area (Å²) in [5, 5.41) is 11.0. The minimum atomic E-state index is -0.454. The van der Waals surface area contributed by atoms with Gasteiger partial charge < -0.3 is 10.5 Å². The van der Waals surface area contributed by atoms with Crippen molar-refractivity contribution in [3.8, 4) is 5.75 Å². The van der Waals surface area contributed by atoms with Crippen molar-refractivity contribution in [1.29, 1.82) is 0 Å². The van der Waals surface area contributed by atoms with Gasteiger partial charge in [0.25, 0.3) is 0 Å². The molecule has 0 spiro atoms. The number of hydrogen-bond donors (Lipinski definition) is 1. The van der Waals surface area contributed by atoms with E-state index in [9.17, 15) is 10.1 Å². The van der Waals surface area contributed by atoms with Crippen LogP contribution in [0.1, 0.15) is 25.3 Å². The van der Waals surface area contributed by atoms with E-state index in [1.165, 1.54) is 6.07 Å². The Labute approximate surface area is 111 Å². The first-order valence-corrected chi connectivity index (χ1v) is 6.13. The minimum absolute atomic E-state index is 0.0418. The number of ether oxygens (including phenoxy) is 1. The second-order valence-electron chi connectivity index (χ2n) is 3.90. The molecule has 1 aromatic carbocycles. The lowest BCUT2D eigenvalue weighted by Crippen LogP contribution is -2.11. The van der Waals surface area contributed by atoms with E-state index in [2.05, 4.69) is 0 Å². The molecule has 0 atom stereocenters. The van der Waals surface area contributed by atoms with Gasteiger partial charge in [-0.3, -0.25) is 10.1 Å². The van der Waals surface area contributed by atoms with Crippen molar-refractivity contribution in [1.82, 2.24) is 0 Å². The zero-order valence-electron chi connectivity index (χ0n) is 10.2. The van der Waals surface area contributed by atoms with Crippen LogP contribution in [0.25, 0.3) is 0 Å². The van der Waals surface area contributed by atoms with Crippen LogP contribution >= 0.6 is 12.2 Å². The molecule has 0 aliphatic carbocycles. The number of nitro benzene ring substituents is 1. The highest BCUT2D eigenvalue weighted by Gasteiger charge is 2.16. The summed E-state index contributed by atoms with van der Waals surface area (Å²) >= 11 is 4.78. The predicted octanol–water partition coefficient (Wildman–Crippen LogP) is 2.60. The molecule has 98 valence electrons. The number of benzene rings is 1. The van der Waals surface area contributed by atoms with Crippen LogP contribution in [-0.2, 0) is 6.42 Å². The van der Waals surface area contributed by atoms with Gasteiger partial charge in [0.15, 0.2) is 5.75 Å². The third-order valence-corrected chi connectivity index (χ3v) is 2.50. The zero-order chi connectivity index (χ0) is 13.5. The molecule has 18 heavy (non-hydrogen) atoms. The fraction of sp³-hybridized carbons (Fsp3) is 0.417. The van der Waals surface area contributed by atoms with Crippen molar-refractivity contribution in [3.05, 3.63) is 33.9 Å². The molecule has 0 aliphatic rings. The van der Waals surface area contributed by atoms with Crippen LogP contribution in [0.2, 0.25) is 0 Å². The molecule has 5 nitrogen and oxygen atoms in total. The van der Waals surface area contributed by atoms with Crippen LogP contribution in [0.3, 0.4) is 0 Å². The lowest BCUT2D eigenvalue weighted by atomic mass is 10.1. The van der Waals surface area contributed by atoms with Gasteiger partial charge in [-0.15, -0.1) is 0 Å².